The first-order valence-electron chi connectivity index (χ1n) is 8.17. The molecular formula is C20H19NO3S. The van der Waals surface area contributed by atoms with Crippen molar-refractivity contribution in [1.29, 1.82) is 5.26 Å². The van der Waals surface area contributed by atoms with E-state index in [9.17, 15) is 18.5 Å². The predicted octanol–water partition coefficient (Wildman–Crippen LogP) is 3.21. The second-order valence-corrected chi connectivity index (χ2v) is 8.58. The van der Waals surface area contributed by atoms with Gasteiger partial charge in [0.25, 0.3) is 0 Å². The molecule has 1 saturated carbocycles. The first-order chi connectivity index (χ1) is 11.9. The number of nitrogens with zero attached hydrogens (tertiary/aromatic N) is 1. The third kappa shape index (κ3) is 2.67. The van der Waals surface area contributed by atoms with Crippen molar-refractivity contribution in [1.82, 2.24) is 0 Å². The molecule has 3 atom stereocenters. The van der Waals surface area contributed by atoms with Crippen molar-refractivity contribution in [2.45, 2.75) is 36.3 Å². The highest BCUT2D eigenvalue weighted by atomic mass is 32.2. The highest BCUT2D eigenvalue weighted by Crippen LogP contribution is 2.62. The first-order valence-corrected chi connectivity index (χ1v) is 9.72. The molecule has 0 spiro atoms. The lowest BCUT2D eigenvalue weighted by Crippen LogP contribution is -2.16. The molecule has 0 N–H and O–H groups in total. The molecule has 1 aliphatic carbocycles. The van der Waals surface area contributed by atoms with Gasteiger partial charge in [-0.2, -0.15) is 5.26 Å². The first kappa shape index (κ1) is 17.4. The van der Waals surface area contributed by atoms with Crippen molar-refractivity contribution in [3.8, 4) is 6.07 Å². The number of nitriles is 1. The Balaban J connectivity index is 2.05. The molecule has 5 heteroatoms. The Bertz CT molecular complexity index is 940. The molecule has 0 heterocycles. The Hall–Kier alpha value is -2.45. The van der Waals surface area contributed by atoms with E-state index in [0.717, 1.165) is 17.5 Å². The molecule has 0 aromatic heterocycles. The van der Waals surface area contributed by atoms with Crippen LogP contribution >= 0.6 is 0 Å². The fourth-order valence-corrected chi connectivity index (χ4v) is 5.63. The van der Waals surface area contributed by atoms with Crippen molar-refractivity contribution in [2.24, 2.45) is 5.41 Å². The van der Waals surface area contributed by atoms with Crippen LogP contribution in [0, 0.1) is 23.7 Å². The number of hydrogen-bond donors (Lipinski definition) is 0. The molecule has 0 aliphatic heterocycles. The monoisotopic (exact) mass is 353 g/mol. The Morgan fingerprint density at radius 2 is 1.72 bits per heavy atom. The number of carbonyl (C=O) groups excluding carboxylic acids is 1. The average Bonchev–Trinajstić information content (AvgIpc) is 3.33. The van der Waals surface area contributed by atoms with Crippen LogP contribution in [0.25, 0.3) is 0 Å². The highest BCUT2D eigenvalue weighted by molar-refractivity contribution is 7.92. The summed E-state index contributed by atoms with van der Waals surface area (Å²) in [6.07, 6.45) is 1.37. The number of aldehydes is 1. The molecule has 2 aromatic rings. The van der Waals surface area contributed by atoms with Crippen molar-refractivity contribution in [2.75, 3.05) is 0 Å². The second kappa shape index (κ2) is 6.12. The normalized spacial score (nSPS) is 25.2. The van der Waals surface area contributed by atoms with Crippen molar-refractivity contribution < 1.29 is 13.2 Å². The zero-order valence-corrected chi connectivity index (χ0v) is 15.0. The van der Waals surface area contributed by atoms with Gasteiger partial charge >= 0.3 is 0 Å². The second-order valence-electron chi connectivity index (χ2n) is 6.51. The van der Waals surface area contributed by atoms with E-state index in [2.05, 4.69) is 0 Å². The van der Waals surface area contributed by atoms with E-state index >= 15 is 0 Å². The fourth-order valence-electron chi connectivity index (χ4n) is 3.40. The van der Waals surface area contributed by atoms with Gasteiger partial charge in [0, 0.05) is 5.92 Å². The molecule has 1 aliphatic rings. The van der Waals surface area contributed by atoms with Crippen LogP contribution in [-0.2, 0) is 21.1 Å². The van der Waals surface area contributed by atoms with Gasteiger partial charge in [0.1, 0.15) is 17.0 Å². The molecule has 0 amide bonds. The van der Waals surface area contributed by atoms with E-state index in [1.54, 1.807) is 12.1 Å². The summed E-state index contributed by atoms with van der Waals surface area (Å²) in [5.74, 6) is -0.632. The van der Waals surface area contributed by atoms with Gasteiger partial charge in [-0.25, -0.2) is 8.42 Å². The summed E-state index contributed by atoms with van der Waals surface area (Å²) < 4.78 is 26.1. The number of rotatable bonds is 5. The van der Waals surface area contributed by atoms with Crippen LogP contribution in [-0.4, -0.2) is 20.0 Å². The van der Waals surface area contributed by atoms with Crippen LogP contribution in [0.1, 0.15) is 29.5 Å². The summed E-state index contributed by atoms with van der Waals surface area (Å²) in [6.45, 7) is 3.90. The maximum Gasteiger partial charge on any atom is 0.183 e. The topological polar surface area (TPSA) is 75.0 Å². The van der Waals surface area contributed by atoms with E-state index in [0.29, 0.717) is 11.8 Å². The molecular weight excluding hydrogens is 334 g/mol. The Morgan fingerprint density at radius 1 is 1.12 bits per heavy atom. The van der Waals surface area contributed by atoms with Crippen LogP contribution in [0.2, 0.25) is 0 Å². The maximum atomic E-state index is 13.0. The van der Waals surface area contributed by atoms with Gasteiger partial charge in [0.05, 0.1) is 11.0 Å². The van der Waals surface area contributed by atoms with Crippen LogP contribution in [0.15, 0.2) is 53.4 Å². The Labute approximate surface area is 148 Å². The van der Waals surface area contributed by atoms with Gasteiger partial charge in [-0.3, -0.25) is 0 Å². The highest BCUT2D eigenvalue weighted by Gasteiger charge is 2.72. The molecule has 3 rings (SSSR count). The maximum absolute atomic E-state index is 13.0. The standard InChI is InChI=1S/C20H19NO3S/c1-3-15-6-8-16(9-7-15)18-19(20(18,12-21)13-22)25(23,24)17-10-4-14(2)5-11-17/h4-11,13,18-19H,3H2,1-2H3/t18-,19+,20+/m1/s1. The van der Waals surface area contributed by atoms with Crippen molar-refractivity contribution in [3.05, 3.63) is 65.2 Å². The minimum atomic E-state index is -3.78. The van der Waals surface area contributed by atoms with E-state index in [1.807, 2.05) is 44.2 Å². The van der Waals surface area contributed by atoms with Crippen molar-refractivity contribution >= 4 is 16.1 Å². The summed E-state index contributed by atoms with van der Waals surface area (Å²) >= 11 is 0. The van der Waals surface area contributed by atoms with Gasteiger partial charge < -0.3 is 4.79 Å². The van der Waals surface area contributed by atoms with E-state index in [4.69, 9.17) is 0 Å². The summed E-state index contributed by atoms with van der Waals surface area (Å²) in [5, 5.41) is 8.52. The SMILES string of the molecule is CCc1ccc([C@@H]2[C@H](S(=O)(=O)c3ccc(C)cc3)[C@@]2(C#N)C=O)cc1. The minimum Gasteiger partial charge on any atom is -0.302 e. The van der Waals surface area contributed by atoms with E-state index < -0.39 is 26.4 Å². The third-order valence-corrected chi connectivity index (χ3v) is 7.26. The van der Waals surface area contributed by atoms with E-state index in [1.165, 1.54) is 12.1 Å². The third-order valence-electron chi connectivity index (χ3n) is 5.00. The van der Waals surface area contributed by atoms with Crippen LogP contribution in [0.4, 0.5) is 0 Å². The van der Waals surface area contributed by atoms with Crippen LogP contribution in [0.3, 0.4) is 0 Å². The zero-order valence-electron chi connectivity index (χ0n) is 14.1. The van der Waals surface area contributed by atoms with Gasteiger partial charge in [-0.15, -0.1) is 0 Å². The molecule has 0 saturated heterocycles. The lowest BCUT2D eigenvalue weighted by Gasteiger charge is -2.05. The Morgan fingerprint density at radius 3 is 2.20 bits per heavy atom. The van der Waals surface area contributed by atoms with Gasteiger partial charge in [-0.1, -0.05) is 48.9 Å². The Kier molecular flexibility index (Phi) is 4.26. The molecule has 0 bridgehead atoms. The number of aryl methyl sites for hydroxylation is 2. The molecule has 0 unspecified atom stereocenters. The summed E-state index contributed by atoms with van der Waals surface area (Å²) in [7, 11) is -3.78. The lowest BCUT2D eigenvalue weighted by molar-refractivity contribution is -0.110. The van der Waals surface area contributed by atoms with E-state index in [-0.39, 0.29) is 4.90 Å². The zero-order chi connectivity index (χ0) is 18.2. The van der Waals surface area contributed by atoms with Crippen molar-refractivity contribution in [3.63, 3.8) is 0 Å². The number of benzene rings is 2. The summed E-state index contributed by atoms with van der Waals surface area (Å²) in [4.78, 5) is 11.8. The fraction of sp³-hybridized carbons (Fsp3) is 0.300. The summed E-state index contributed by atoms with van der Waals surface area (Å²) in [5.41, 5.74) is 1.27. The van der Waals surface area contributed by atoms with Gasteiger partial charge in [-0.05, 0) is 36.6 Å². The molecule has 0 radical (unpaired) electrons. The summed E-state index contributed by atoms with van der Waals surface area (Å²) in [6, 6.07) is 15.9. The number of carbonyl (C=O) groups is 1. The lowest BCUT2D eigenvalue weighted by atomic mass is 10.0. The smallest absolute Gasteiger partial charge is 0.183 e. The molecule has 1 fully saturated rings. The average molecular weight is 353 g/mol. The molecule has 4 nitrogen and oxygen atoms in total. The molecule has 128 valence electrons. The molecule has 25 heavy (non-hydrogen) atoms. The quantitative estimate of drug-likeness (QED) is 0.774. The molecule has 2 aromatic carbocycles. The number of hydrogen-bond acceptors (Lipinski definition) is 4. The minimum absolute atomic E-state index is 0.150. The largest absolute Gasteiger partial charge is 0.302 e. The number of sulfone groups is 1. The predicted molar refractivity (Wildman–Crippen MR) is 94.8 cm³/mol. The van der Waals surface area contributed by atoms with Gasteiger partial charge in [0.15, 0.2) is 9.84 Å². The van der Waals surface area contributed by atoms with Crippen LogP contribution < -0.4 is 0 Å². The van der Waals surface area contributed by atoms with Gasteiger partial charge in [0.2, 0.25) is 0 Å². The van der Waals surface area contributed by atoms with Crippen LogP contribution in [0.5, 0.6) is 0 Å².